The first-order valence-electron chi connectivity index (χ1n) is 9.14. The molecule has 4 amide bonds. The van der Waals surface area contributed by atoms with Gasteiger partial charge in [0.25, 0.3) is 11.6 Å². The highest BCUT2D eigenvalue weighted by Gasteiger charge is 2.47. The second kappa shape index (κ2) is 7.95. The Morgan fingerprint density at radius 2 is 1.89 bits per heavy atom. The molecule has 0 unspecified atom stereocenters. The number of carbonyl (C=O) groups is 3. The number of urea groups is 1. The molecule has 1 heterocycles. The fraction of sp³-hybridized carbons (Fsp3) is 0.526. The third kappa shape index (κ3) is 4.47. The van der Waals surface area contributed by atoms with Gasteiger partial charge in [0, 0.05) is 6.07 Å². The van der Waals surface area contributed by atoms with Crippen LogP contribution in [0.15, 0.2) is 12.1 Å². The SMILES string of the molecule is Cc1cc(NC(=O)CN2C(=O)N[C@](C)(CCC(C)C)C2=O)c([N+](=O)[O-])cc1C. The Morgan fingerprint density at radius 1 is 1.29 bits per heavy atom. The van der Waals surface area contributed by atoms with Crippen LogP contribution in [-0.2, 0) is 9.59 Å². The molecule has 0 radical (unpaired) electrons. The van der Waals surface area contributed by atoms with Crippen molar-refractivity contribution < 1.29 is 19.3 Å². The van der Waals surface area contributed by atoms with E-state index in [1.807, 2.05) is 13.8 Å². The molecule has 0 aromatic heterocycles. The minimum Gasteiger partial charge on any atom is -0.323 e. The number of carbonyl (C=O) groups excluding carboxylic acids is 3. The number of hydrogen-bond donors (Lipinski definition) is 2. The lowest BCUT2D eigenvalue weighted by molar-refractivity contribution is -0.384. The number of amides is 4. The minimum absolute atomic E-state index is 0.0349. The monoisotopic (exact) mass is 390 g/mol. The van der Waals surface area contributed by atoms with Gasteiger partial charge in [-0.3, -0.25) is 24.6 Å². The Morgan fingerprint density at radius 3 is 2.46 bits per heavy atom. The van der Waals surface area contributed by atoms with Crippen LogP contribution in [0, 0.1) is 29.9 Å². The van der Waals surface area contributed by atoms with Gasteiger partial charge in [0.1, 0.15) is 17.8 Å². The number of benzene rings is 1. The fourth-order valence-electron chi connectivity index (χ4n) is 3.02. The summed E-state index contributed by atoms with van der Waals surface area (Å²) in [4.78, 5) is 48.8. The standard InChI is InChI=1S/C19H26N4O5/c1-11(2)6-7-19(5)17(25)22(18(26)21-19)10-16(24)20-14-8-12(3)13(4)9-15(14)23(27)28/h8-9,11H,6-7,10H2,1-5H3,(H,20,24)(H,21,26)/t19-/m1/s1. The number of hydrogen-bond acceptors (Lipinski definition) is 5. The van der Waals surface area contributed by atoms with Crippen LogP contribution in [0.2, 0.25) is 0 Å². The van der Waals surface area contributed by atoms with Gasteiger partial charge in [0.2, 0.25) is 5.91 Å². The van der Waals surface area contributed by atoms with Crippen molar-refractivity contribution in [2.75, 3.05) is 11.9 Å². The number of nitro groups is 1. The van der Waals surface area contributed by atoms with E-state index < -0.39 is 34.9 Å². The van der Waals surface area contributed by atoms with E-state index in [-0.39, 0.29) is 11.4 Å². The molecule has 1 aromatic rings. The van der Waals surface area contributed by atoms with E-state index in [0.29, 0.717) is 12.3 Å². The van der Waals surface area contributed by atoms with Crippen molar-refractivity contribution in [1.82, 2.24) is 10.2 Å². The van der Waals surface area contributed by atoms with Crippen LogP contribution in [0.4, 0.5) is 16.2 Å². The summed E-state index contributed by atoms with van der Waals surface area (Å²) in [7, 11) is 0. The van der Waals surface area contributed by atoms with E-state index in [2.05, 4.69) is 10.6 Å². The smallest absolute Gasteiger partial charge is 0.323 e. The van der Waals surface area contributed by atoms with Crippen molar-refractivity contribution in [3.8, 4) is 0 Å². The first kappa shape index (κ1) is 21.3. The average Bonchev–Trinajstić information content (AvgIpc) is 2.79. The van der Waals surface area contributed by atoms with E-state index in [1.165, 1.54) is 12.1 Å². The molecule has 0 aliphatic carbocycles. The van der Waals surface area contributed by atoms with Crippen molar-refractivity contribution in [2.45, 2.75) is 53.0 Å². The van der Waals surface area contributed by atoms with Crippen molar-refractivity contribution >= 4 is 29.2 Å². The number of nitro benzene ring substituents is 1. The summed E-state index contributed by atoms with van der Waals surface area (Å²) in [6.45, 7) is 8.68. The van der Waals surface area contributed by atoms with Crippen molar-refractivity contribution in [3.05, 3.63) is 33.4 Å². The topological polar surface area (TPSA) is 122 Å². The van der Waals surface area contributed by atoms with Crippen molar-refractivity contribution in [3.63, 3.8) is 0 Å². The first-order chi connectivity index (χ1) is 12.9. The van der Waals surface area contributed by atoms with Gasteiger partial charge in [-0.05, 0) is 56.7 Å². The molecule has 1 saturated heterocycles. The van der Waals surface area contributed by atoms with Crippen LogP contribution in [0.1, 0.15) is 44.7 Å². The summed E-state index contributed by atoms with van der Waals surface area (Å²) >= 11 is 0. The highest BCUT2D eigenvalue weighted by molar-refractivity contribution is 6.10. The Hall–Kier alpha value is -2.97. The second-order valence-corrected chi connectivity index (χ2v) is 7.84. The van der Waals surface area contributed by atoms with Crippen LogP contribution in [-0.4, -0.2) is 39.8 Å². The molecule has 2 rings (SSSR count). The zero-order chi connectivity index (χ0) is 21.2. The molecular formula is C19H26N4O5. The second-order valence-electron chi connectivity index (χ2n) is 7.84. The Kier molecular flexibility index (Phi) is 6.06. The molecule has 28 heavy (non-hydrogen) atoms. The lowest BCUT2D eigenvalue weighted by Gasteiger charge is -2.22. The number of nitrogens with one attached hydrogen (secondary N) is 2. The third-order valence-corrected chi connectivity index (χ3v) is 4.95. The average molecular weight is 390 g/mol. The number of rotatable bonds is 7. The number of anilines is 1. The summed E-state index contributed by atoms with van der Waals surface area (Å²) < 4.78 is 0. The van der Waals surface area contributed by atoms with Crippen molar-refractivity contribution in [2.24, 2.45) is 5.92 Å². The molecule has 9 heteroatoms. The Labute approximate surface area is 163 Å². The minimum atomic E-state index is -1.05. The maximum Gasteiger partial charge on any atom is 0.325 e. The highest BCUT2D eigenvalue weighted by Crippen LogP contribution is 2.28. The van der Waals surface area contributed by atoms with E-state index in [0.717, 1.165) is 22.4 Å². The predicted octanol–water partition coefficient (Wildman–Crippen LogP) is 2.90. The predicted molar refractivity (Wildman–Crippen MR) is 104 cm³/mol. The quantitative estimate of drug-likeness (QED) is 0.421. The molecule has 0 saturated carbocycles. The van der Waals surface area contributed by atoms with Gasteiger partial charge >= 0.3 is 6.03 Å². The molecule has 1 fully saturated rings. The van der Waals surface area contributed by atoms with Crippen molar-refractivity contribution in [1.29, 1.82) is 0 Å². The first-order valence-corrected chi connectivity index (χ1v) is 9.14. The van der Waals surface area contributed by atoms with E-state index in [1.54, 1.807) is 20.8 Å². The largest absolute Gasteiger partial charge is 0.325 e. The summed E-state index contributed by atoms with van der Waals surface area (Å²) in [5.74, 6) is -0.782. The van der Waals surface area contributed by atoms with Gasteiger partial charge in [-0.25, -0.2) is 4.79 Å². The molecule has 152 valence electrons. The van der Waals surface area contributed by atoms with Gasteiger partial charge in [-0.15, -0.1) is 0 Å². The number of imide groups is 1. The van der Waals surface area contributed by atoms with Gasteiger partial charge in [0.15, 0.2) is 0 Å². The normalized spacial score (nSPS) is 19.1. The molecule has 9 nitrogen and oxygen atoms in total. The third-order valence-electron chi connectivity index (χ3n) is 4.95. The molecule has 1 aliphatic rings. The fourth-order valence-corrected chi connectivity index (χ4v) is 3.02. The number of aryl methyl sites for hydroxylation is 2. The Balaban J connectivity index is 2.13. The maximum atomic E-state index is 12.7. The van der Waals surface area contributed by atoms with Gasteiger partial charge in [-0.1, -0.05) is 13.8 Å². The molecular weight excluding hydrogens is 364 g/mol. The lowest BCUT2D eigenvalue weighted by atomic mass is 9.92. The van der Waals surface area contributed by atoms with Crippen LogP contribution in [0.3, 0.4) is 0 Å². The molecule has 2 N–H and O–H groups in total. The van der Waals surface area contributed by atoms with E-state index in [4.69, 9.17) is 0 Å². The van der Waals surface area contributed by atoms with E-state index in [9.17, 15) is 24.5 Å². The zero-order valence-corrected chi connectivity index (χ0v) is 16.8. The zero-order valence-electron chi connectivity index (χ0n) is 16.8. The van der Waals surface area contributed by atoms with Gasteiger partial charge in [-0.2, -0.15) is 0 Å². The molecule has 1 aromatic carbocycles. The Bertz CT molecular complexity index is 836. The summed E-state index contributed by atoms with van der Waals surface area (Å²) in [5.41, 5.74) is 0.244. The summed E-state index contributed by atoms with van der Waals surface area (Å²) in [6, 6.07) is 2.24. The van der Waals surface area contributed by atoms with Crippen LogP contribution in [0.25, 0.3) is 0 Å². The molecule has 1 aliphatic heterocycles. The summed E-state index contributed by atoms with van der Waals surface area (Å²) in [6.07, 6.45) is 1.22. The van der Waals surface area contributed by atoms with E-state index >= 15 is 0 Å². The lowest BCUT2D eigenvalue weighted by Crippen LogP contribution is -2.44. The van der Waals surface area contributed by atoms with Crippen LogP contribution in [0.5, 0.6) is 0 Å². The van der Waals surface area contributed by atoms with Crippen LogP contribution < -0.4 is 10.6 Å². The van der Waals surface area contributed by atoms with Gasteiger partial charge < -0.3 is 10.6 Å². The van der Waals surface area contributed by atoms with Crippen LogP contribution >= 0.6 is 0 Å². The number of nitrogens with zero attached hydrogens (tertiary/aromatic N) is 2. The van der Waals surface area contributed by atoms with Gasteiger partial charge in [0.05, 0.1) is 4.92 Å². The maximum absolute atomic E-state index is 12.7. The molecule has 1 atom stereocenters. The molecule has 0 spiro atoms. The highest BCUT2D eigenvalue weighted by atomic mass is 16.6. The summed E-state index contributed by atoms with van der Waals surface area (Å²) in [5, 5.41) is 16.4. The molecule has 0 bridgehead atoms.